The fourth-order valence-corrected chi connectivity index (χ4v) is 2.07. The summed E-state index contributed by atoms with van der Waals surface area (Å²) in [5.74, 6) is 0.962. The first-order valence-corrected chi connectivity index (χ1v) is 6.52. The van der Waals surface area contributed by atoms with E-state index < -0.39 is 0 Å². The minimum atomic E-state index is 0.228. The number of phenols is 1. The Morgan fingerprint density at radius 3 is 2.55 bits per heavy atom. The molecule has 0 saturated heterocycles. The molecule has 1 aliphatic rings. The zero-order chi connectivity index (χ0) is 13.8. The number of nitrogens with zero attached hydrogens (tertiary/aromatic N) is 2. The number of nitrogens with one attached hydrogen (secondary N) is 2. The Morgan fingerprint density at radius 1 is 1.05 bits per heavy atom. The van der Waals surface area contributed by atoms with Gasteiger partial charge in [-0.3, -0.25) is 15.4 Å². The number of hydrogen-bond donors (Lipinski definition) is 3. The number of rotatable bonds is 3. The molecule has 20 heavy (non-hydrogen) atoms. The molecule has 5 nitrogen and oxygen atoms in total. The molecule has 1 aliphatic heterocycles. The normalized spacial score (nSPS) is 13.5. The maximum atomic E-state index is 9.67. The van der Waals surface area contributed by atoms with Crippen molar-refractivity contribution in [1.82, 2.24) is 10.7 Å². The van der Waals surface area contributed by atoms with Crippen LogP contribution in [0.2, 0.25) is 0 Å². The molecule has 0 spiro atoms. The van der Waals surface area contributed by atoms with Crippen molar-refractivity contribution in [1.29, 1.82) is 0 Å². The van der Waals surface area contributed by atoms with Crippen LogP contribution in [-0.4, -0.2) is 24.2 Å². The summed E-state index contributed by atoms with van der Waals surface area (Å²) < 4.78 is 0. The van der Waals surface area contributed by atoms with E-state index in [0.717, 1.165) is 30.4 Å². The molecule has 1 heterocycles. The highest BCUT2D eigenvalue weighted by Gasteiger charge is 2.13. The van der Waals surface area contributed by atoms with Gasteiger partial charge in [0.15, 0.2) is 0 Å². The van der Waals surface area contributed by atoms with Gasteiger partial charge in [-0.25, -0.2) is 0 Å². The summed E-state index contributed by atoms with van der Waals surface area (Å²) >= 11 is 0. The van der Waals surface area contributed by atoms with E-state index in [1.165, 1.54) is 0 Å². The first kappa shape index (κ1) is 12.3. The van der Waals surface area contributed by atoms with Gasteiger partial charge in [0.2, 0.25) is 5.96 Å². The molecular weight excluding hydrogens is 252 g/mol. The van der Waals surface area contributed by atoms with E-state index >= 15 is 0 Å². The van der Waals surface area contributed by atoms with E-state index in [2.05, 4.69) is 15.7 Å². The molecule has 0 atom stereocenters. The Kier molecular flexibility index (Phi) is 3.41. The SMILES string of the molecule is Oc1cccc(N(NC2=NCCN2)c2ccccc2)c1. The van der Waals surface area contributed by atoms with Crippen LogP contribution in [-0.2, 0) is 0 Å². The number of hydrogen-bond acceptors (Lipinski definition) is 5. The lowest BCUT2D eigenvalue weighted by Gasteiger charge is -2.26. The lowest BCUT2D eigenvalue weighted by molar-refractivity contribution is 0.475. The zero-order valence-corrected chi connectivity index (χ0v) is 11.0. The highest BCUT2D eigenvalue weighted by Crippen LogP contribution is 2.25. The molecule has 0 amide bonds. The van der Waals surface area contributed by atoms with Gasteiger partial charge in [-0.05, 0) is 24.3 Å². The molecule has 0 bridgehead atoms. The van der Waals surface area contributed by atoms with Crippen molar-refractivity contribution in [2.75, 3.05) is 18.1 Å². The van der Waals surface area contributed by atoms with Gasteiger partial charge >= 0.3 is 0 Å². The van der Waals surface area contributed by atoms with Crippen LogP contribution in [0.25, 0.3) is 0 Å². The van der Waals surface area contributed by atoms with Crippen LogP contribution in [0.15, 0.2) is 59.6 Å². The van der Waals surface area contributed by atoms with Gasteiger partial charge in [0.05, 0.1) is 17.9 Å². The summed E-state index contributed by atoms with van der Waals surface area (Å²) in [6.45, 7) is 1.61. The first-order chi connectivity index (χ1) is 9.83. The largest absolute Gasteiger partial charge is 0.508 e. The van der Waals surface area contributed by atoms with Crippen molar-refractivity contribution in [2.45, 2.75) is 0 Å². The lowest BCUT2D eigenvalue weighted by Crippen LogP contribution is -2.44. The highest BCUT2D eigenvalue weighted by molar-refractivity contribution is 5.84. The average Bonchev–Trinajstić information content (AvgIpc) is 2.99. The van der Waals surface area contributed by atoms with Gasteiger partial charge in [0.25, 0.3) is 0 Å². The fraction of sp³-hybridized carbons (Fsp3) is 0.133. The summed E-state index contributed by atoms with van der Waals surface area (Å²) in [6.07, 6.45) is 0. The quantitative estimate of drug-likeness (QED) is 0.745. The van der Waals surface area contributed by atoms with Gasteiger partial charge in [-0.15, -0.1) is 0 Å². The molecule has 5 heteroatoms. The van der Waals surface area contributed by atoms with E-state index in [0.29, 0.717) is 0 Å². The molecule has 0 unspecified atom stereocenters. The minimum Gasteiger partial charge on any atom is -0.508 e. The van der Waals surface area contributed by atoms with Gasteiger partial charge < -0.3 is 10.4 Å². The van der Waals surface area contributed by atoms with Crippen molar-refractivity contribution in [3.63, 3.8) is 0 Å². The summed E-state index contributed by atoms with van der Waals surface area (Å²) in [6, 6.07) is 17.0. The molecular formula is C15H16N4O. The molecule has 0 aliphatic carbocycles. The molecule has 102 valence electrons. The third-order valence-electron chi connectivity index (χ3n) is 2.99. The highest BCUT2D eigenvalue weighted by atomic mass is 16.3. The molecule has 0 fully saturated rings. The molecule has 0 saturated carbocycles. The van der Waals surface area contributed by atoms with Crippen molar-refractivity contribution < 1.29 is 5.11 Å². The second-order valence-electron chi connectivity index (χ2n) is 4.46. The third kappa shape index (κ3) is 2.66. The van der Waals surface area contributed by atoms with E-state index in [9.17, 15) is 5.11 Å². The Bertz CT molecular complexity index is 612. The predicted octanol–water partition coefficient (Wildman–Crippen LogP) is 1.99. The van der Waals surface area contributed by atoms with Gasteiger partial charge in [-0.1, -0.05) is 24.3 Å². The number of para-hydroxylation sites is 1. The van der Waals surface area contributed by atoms with E-state index in [4.69, 9.17) is 0 Å². The lowest BCUT2D eigenvalue weighted by atomic mass is 10.2. The fourth-order valence-electron chi connectivity index (χ4n) is 2.07. The Hall–Kier alpha value is -2.69. The minimum absolute atomic E-state index is 0.228. The van der Waals surface area contributed by atoms with Crippen molar-refractivity contribution in [2.24, 2.45) is 4.99 Å². The number of benzene rings is 2. The topological polar surface area (TPSA) is 59.9 Å². The Balaban J connectivity index is 1.94. The maximum absolute atomic E-state index is 9.67. The monoisotopic (exact) mass is 268 g/mol. The summed E-state index contributed by atoms with van der Waals surface area (Å²) in [4.78, 5) is 4.34. The Morgan fingerprint density at radius 2 is 1.85 bits per heavy atom. The van der Waals surface area contributed by atoms with Gasteiger partial charge in [-0.2, -0.15) is 0 Å². The van der Waals surface area contributed by atoms with Crippen molar-refractivity contribution in [3.05, 3.63) is 54.6 Å². The molecule has 3 rings (SSSR count). The van der Waals surface area contributed by atoms with Crippen LogP contribution < -0.4 is 15.8 Å². The number of anilines is 2. The molecule has 0 radical (unpaired) electrons. The van der Waals surface area contributed by atoms with Gasteiger partial charge in [0.1, 0.15) is 5.75 Å². The van der Waals surface area contributed by atoms with E-state index in [-0.39, 0.29) is 5.75 Å². The average molecular weight is 268 g/mol. The van der Waals surface area contributed by atoms with Crippen LogP contribution in [0.4, 0.5) is 11.4 Å². The number of aliphatic imine (C=N–C) groups is 1. The molecule has 2 aromatic rings. The maximum Gasteiger partial charge on any atom is 0.210 e. The van der Waals surface area contributed by atoms with Crippen molar-refractivity contribution >= 4 is 17.3 Å². The van der Waals surface area contributed by atoms with Crippen LogP contribution in [0.5, 0.6) is 5.75 Å². The van der Waals surface area contributed by atoms with Crippen LogP contribution >= 0.6 is 0 Å². The smallest absolute Gasteiger partial charge is 0.210 e. The van der Waals surface area contributed by atoms with Crippen LogP contribution in [0, 0.1) is 0 Å². The Labute approximate surface area is 117 Å². The number of hydrazine groups is 1. The number of guanidine groups is 1. The first-order valence-electron chi connectivity index (χ1n) is 6.52. The van der Waals surface area contributed by atoms with E-state index in [1.54, 1.807) is 12.1 Å². The van der Waals surface area contributed by atoms with Gasteiger partial charge in [0, 0.05) is 12.6 Å². The molecule has 3 N–H and O–H groups in total. The standard InChI is InChI=1S/C15H16N4O/c20-14-8-4-7-13(11-14)19(12-5-2-1-3-6-12)18-15-16-9-10-17-15/h1-8,11,20H,9-10H2,(H2,16,17,18). The van der Waals surface area contributed by atoms with Crippen LogP contribution in [0.1, 0.15) is 0 Å². The molecule has 0 aromatic heterocycles. The second-order valence-corrected chi connectivity index (χ2v) is 4.46. The van der Waals surface area contributed by atoms with Crippen LogP contribution in [0.3, 0.4) is 0 Å². The third-order valence-corrected chi connectivity index (χ3v) is 2.99. The predicted molar refractivity (Wildman–Crippen MR) is 80.1 cm³/mol. The summed E-state index contributed by atoms with van der Waals surface area (Å²) in [5, 5.41) is 14.7. The van der Waals surface area contributed by atoms with E-state index in [1.807, 2.05) is 47.5 Å². The number of aromatic hydroxyl groups is 1. The second kappa shape index (κ2) is 5.52. The summed E-state index contributed by atoms with van der Waals surface area (Å²) in [7, 11) is 0. The summed E-state index contributed by atoms with van der Waals surface area (Å²) in [5.41, 5.74) is 5.04. The molecule has 2 aromatic carbocycles. The zero-order valence-electron chi connectivity index (χ0n) is 11.0. The van der Waals surface area contributed by atoms with Crippen molar-refractivity contribution in [3.8, 4) is 5.75 Å². The number of phenolic OH excluding ortho intramolecular Hbond substituents is 1.